The number of halogens is 5. The number of carbonyl (C=O) groups is 2. The van der Waals surface area contributed by atoms with E-state index in [1.165, 1.54) is 23.0 Å². The highest BCUT2D eigenvalue weighted by atomic mass is 35.5. The summed E-state index contributed by atoms with van der Waals surface area (Å²) in [4.78, 5) is 29.0. The molecule has 4 rings (SSSR count). The summed E-state index contributed by atoms with van der Waals surface area (Å²) < 4.78 is 51.8. The van der Waals surface area contributed by atoms with Crippen LogP contribution in [-0.2, 0) is 22.2 Å². The fourth-order valence-electron chi connectivity index (χ4n) is 4.85. The van der Waals surface area contributed by atoms with Gasteiger partial charge in [-0.15, -0.1) is 0 Å². The lowest BCUT2D eigenvalue weighted by Crippen LogP contribution is -2.50. The fourth-order valence-corrected chi connectivity index (χ4v) is 5.42. The van der Waals surface area contributed by atoms with Gasteiger partial charge < -0.3 is 9.47 Å². The Balaban J connectivity index is 1.85. The molecule has 1 saturated carbocycles. The first kappa shape index (κ1) is 27.4. The van der Waals surface area contributed by atoms with E-state index < -0.39 is 36.1 Å². The Bertz CT molecular complexity index is 1170. The first-order valence-electron chi connectivity index (χ1n) is 11.9. The number of methoxy groups -OCH3 is 1. The highest BCUT2D eigenvalue weighted by Crippen LogP contribution is 2.50. The molecule has 2 atom stereocenters. The molecule has 0 aromatic heterocycles. The third-order valence-electron chi connectivity index (χ3n) is 6.53. The van der Waals surface area contributed by atoms with Gasteiger partial charge in [-0.05, 0) is 86.6 Å². The van der Waals surface area contributed by atoms with Crippen LogP contribution in [0.4, 0.5) is 28.4 Å². The Kier molecular flexibility index (Phi) is 7.85. The highest BCUT2D eigenvalue weighted by molar-refractivity contribution is 6.34. The SMILES string of the molecule is COC(=O)N(Cc1cc(Cl)cc(Cl)c1)[C@H]1C[C@H](C2CC2)N(C(=O)OC(C)C)c2ccc(C(F)(F)F)cc21. The second-order valence-electron chi connectivity index (χ2n) is 9.61. The van der Waals surface area contributed by atoms with E-state index in [1.807, 2.05) is 0 Å². The van der Waals surface area contributed by atoms with Gasteiger partial charge in [0.15, 0.2) is 0 Å². The molecular weight excluding hydrogens is 532 g/mol. The second kappa shape index (κ2) is 10.6. The van der Waals surface area contributed by atoms with Gasteiger partial charge >= 0.3 is 18.4 Å². The number of alkyl halides is 3. The summed E-state index contributed by atoms with van der Waals surface area (Å²) in [6, 6.07) is 6.86. The lowest BCUT2D eigenvalue weighted by Gasteiger charge is -2.44. The van der Waals surface area contributed by atoms with E-state index in [0.29, 0.717) is 15.6 Å². The molecular formula is C26H27Cl2F3N2O4. The molecule has 2 amide bonds. The zero-order valence-corrected chi connectivity index (χ0v) is 22.0. The molecule has 0 saturated heterocycles. The predicted octanol–water partition coefficient (Wildman–Crippen LogP) is 7.86. The molecule has 37 heavy (non-hydrogen) atoms. The number of rotatable bonds is 5. The summed E-state index contributed by atoms with van der Waals surface area (Å²) in [6.07, 6.45) is -4.44. The van der Waals surface area contributed by atoms with Crippen molar-refractivity contribution in [2.75, 3.05) is 12.0 Å². The van der Waals surface area contributed by atoms with E-state index >= 15 is 0 Å². The van der Waals surface area contributed by atoms with E-state index in [0.717, 1.165) is 25.0 Å². The molecule has 2 aromatic rings. The van der Waals surface area contributed by atoms with Crippen LogP contribution in [-0.4, -0.2) is 36.3 Å². The molecule has 2 aromatic carbocycles. The van der Waals surface area contributed by atoms with Crippen molar-refractivity contribution in [3.63, 3.8) is 0 Å². The molecule has 0 unspecified atom stereocenters. The summed E-state index contributed by atoms with van der Waals surface area (Å²) in [7, 11) is 1.21. The molecule has 1 heterocycles. The number of hydrogen-bond acceptors (Lipinski definition) is 4. The highest BCUT2D eigenvalue weighted by Gasteiger charge is 2.47. The third kappa shape index (κ3) is 6.09. The fraction of sp³-hybridized carbons (Fsp3) is 0.462. The lowest BCUT2D eigenvalue weighted by molar-refractivity contribution is -0.137. The molecule has 0 bridgehead atoms. The van der Waals surface area contributed by atoms with Gasteiger partial charge in [-0.25, -0.2) is 9.59 Å². The number of anilines is 1. The molecule has 2 aliphatic rings. The molecule has 1 aliphatic heterocycles. The van der Waals surface area contributed by atoms with E-state index in [9.17, 15) is 22.8 Å². The molecule has 6 nitrogen and oxygen atoms in total. The van der Waals surface area contributed by atoms with Crippen molar-refractivity contribution in [2.45, 2.75) is 64.0 Å². The predicted molar refractivity (Wildman–Crippen MR) is 134 cm³/mol. The average Bonchev–Trinajstić information content (AvgIpc) is 3.64. The van der Waals surface area contributed by atoms with Gasteiger partial charge in [0, 0.05) is 22.6 Å². The Morgan fingerprint density at radius 2 is 1.76 bits per heavy atom. The maximum absolute atomic E-state index is 13.7. The van der Waals surface area contributed by atoms with E-state index in [1.54, 1.807) is 32.0 Å². The number of carbonyl (C=O) groups excluding carboxylic acids is 2. The second-order valence-corrected chi connectivity index (χ2v) is 10.5. The van der Waals surface area contributed by atoms with Crippen molar-refractivity contribution >= 4 is 41.1 Å². The van der Waals surface area contributed by atoms with Gasteiger partial charge in [-0.3, -0.25) is 9.80 Å². The first-order chi connectivity index (χ1) is 17.4. The molecule has 0 radical (unpaired) electrons. The zero-order valence-electron chi connectivity index (χ0n) is 20.5. The monoisotopic (exact) mass is 558 g/mol. The Labute approximate surface area is 223 Å². The van der Waals surface area contributed by atoms with Crippen molar-refractivity contribution in [3.8, 4) is 0 Å². The van der Waals surface area contributed by atoms with Crippen LogP contribution in [0.25, 0.3) is 0 Å². The minimum atomic E-state index is -4.62. The molecule has 11 heteroatoms. The van der Waals surface area contributed by atoms with Crippen LogP contribution in [0.3, 0.4) is 0 Å². The Hall–Kier alpha value is -2.65. The van der Waals surface area contributed by atoms with Crippen molar-refractivity contribution in [1.82, 2.24) is 4.90 Å². The summed E-state index contributed by atoms with van der Waals surface area (Å²) in [6.45, 7) is 3.40. The van der Waals surface area contributed by atoms with Crippen LogP contribution < -0.4 is 4.90 Å². The van der Waals surface area contributed by atoms with Gasteiger partial charge in [-0.2, -0.15) is 13.2 Å². The maximum atomic E-state index is 13.7. The number of ether oxygens (including phenoxy) is 2. The van der Waals surface area contributed by atoms with Gasteiger partial charge in [-0.1, -0.05) is 23.2 Å². The van der Waals surface area contributed by atoms with Crippen molar-refractivity contribution in [1.29, 1.82) is 0 Å². The summed E-state index contributed by atoms with van der Waals surface area (Å²) in [5.41, 5.74) is 0.172. The van der Waals surface area contributed by atoms with Crippen LogP contribution in [0, 0.1) is 5.92 Å². The molecule has 0 N–H and O–H groups in total. The van der Waals surface area contributed by atoms with Crippen molar-refractivity contribution in [2.24, 2.45) is 5.92 Å². The van der Waals surface area contributed by atoms with Crippen LogP contribution in [0.15, 0.2) is 36.4 Å². The van der Waals surface area contributed by atoms with Crippen molar-refractivity contribution < 1.29 is 32.2 Å². The number of hydrogen-bond donors (Lipinski definition) is 0. The topological polar surface area (TPSA) is 59.1 Å². The smallest absolute Gasteiger partial charge is 0.416 e. The standard InChI is InChI=1S/C26H27Cl2F3N2O4/c1-14(2)37-25(35)33-21-7-6-17(26(29,30)31)10-20(21)23(12-22(33)16-4-5-16)32(24(34)36-3)13-15-8-18(27)11-19(28)9-15/h6-11,14,16,22-23H,4-5,12-13H2,1-3H3/t22-,23+/m1/s1. The minimum Gasteiger partial charge on any atom is -0.453 e. The first-order valence-corrected chi connectivity index (χ1v) is 12.6. The van der Waals surface area contributed by atoms with E-state index in [2.05, 4.69) is 0 Å². The Morgan fingerprint density at radius 1 is 1.11 bits per heavy atom. The van der Waals surface area contributed by atoms with Gasteiger partial charge in [0.2, 0.25) is 0 Å². The number of amides is 2. The molecule has 0 spiro atoms. The van der Waals surface area contributed by atoms with E-state index in [-0.39, 0.29) is 36.2 Å². The number of nitrogens with zero attached hydrogens (tertiary/aromatic N) is 2. The number of fused-ring (bicyclic) bond motifs is 1. The normalized spacial score (nSPS) is 19.4. The molecule has 1 aliphatic carbocycles. The molecule has 200 valence electrons. The third-order valence-corrected chi connectivity index (χ3v) is 6.97. The lowest BCUT2D eigenvalue weighted by atomic mass is 9.86. The van der Waals surface area contributed by atoms with E-state index in [4.69, 9.17) is 32.7 Å². The Morgan fingerprint density at radius 3 is 2.30 bits per heavy atom. The van der Waals surface area contributed by atoms with Gasteiger partial charge in [0.1, 0.15) is 0 Å². The van der Waals surface area contributed by atoms with Crippen molar-refractivity contribution in [3.05, 3.63) is 63.1 Å². The molecule has 1 fully saturated rings. The largest absolute Gasteiger partial charge is 0.453 e. The average molecular weight is 559 g/mol. The zero-order chi connectivity index (χ0) is 27.1. The summed E-state index contributed by atoms with van der Waals surface area (Å²) in [5, 5.41) is 0.711. The summed E-state index contributed by atoms with van der Waals surface area (Å²) in [5.74, 6) is 0.137. The summed E-state index contributed by atoms with van der Waals surface area (Å²) >= 11 is 12.3. The quantitative estimate of drug-likeness (QED) is 0.374. The van der Waals surface area contributed by atoms with Crippen LogP contribution in [0.5, 0.6) is 0 Å². The van der Waals surface area contributed by atoms with Crippen LogP contribution in [0.2, 0.25) is 10.0 Å². The van der Waals surface area contributed by atoms with Gasteiger partial charge in [0.05, 0.1) is 30.5 Å². The van der Waals surface area contributed by atoms with Gasteiger partial charge in [0.25, 0.3) is 0 Å². The van der Waals surface area contributed by atoms with Crippen LogP contribution in [0.1, 0.15) is 55.8 Å². The van der Waals surface area contributed by atoms with Crippen LogP contribution >= 0.6 is 23.2 Å². The maximum Gasteiger partial charge on any atom is 0.416 e. The number of benzene rings is 2. The minimum absolute atomic E-state index is 0.0128.